The third-order valence-electron chi connectivity index (χ3n) is 3.50. The van der Waals surface area contributed by atoms with Crippen molar-refractivity contribution in [3.8, 4) is 0 Å². The molecule has 1 aliphatic heterocycles. The Bertz CT molecular complexity index is 391. The summed E-state index contributed by atoms with van der Waals surface area (Å²) in [5, 5.41) is 3.37. The van der Waals surface area contributed by atoms with Crippen LogP contribution in [0, 0.1) is 17.6 Å². The maximum absolute atomic E-state index is 13.1. The Morgan fingerprint density at radius 2 is 2.00 bits per heavy atom. The SMILES string of the molecule is C[C@@H](NCC1CCOCC1)c1ccc(F)c(F)c1. The van der Waals surface area contributed by atoms with Crippen LogP contribution in [0.25, 0.3) is 0 Å². The molecule has 1 atom stereocenters. The van der Waals surface area contributed by atoms with Crippen LogP contribution < -0.4 is 5.32 Å². The first-order valence-electron chi connectivity index (χ1n) is 6.43. The van der Waals surface area contributed by atoms with Gasteiger partial charge in [-0.2, -0.15) is 0 Å². The summed E-state index contributed by atoms with van der Waals surface area (Å²) in [6.07, 6.45) is 2.13. The predicted octanol–water partition coefficient (Wildman–Crippen LogP) is 3.04. The summed E-state index contributed by atoms with van der Waals surface area (Å²) < 4.78 is 31.2. The van der Waals surface area contributed by atoms with E-state index in [1.807, 2.05) is 6.92 Å². The monoisotopic (exact) mass is 255 g/mol. The van der Waals surface area contributed by atoms with Gasteiger partial charge in [-0.05, 0) is 49.9 Å². The molecule has 1 aromatic carbocycles. The molecule has 0 unspecified atom stereocenters. The highest BCUT2D eigenvalue weighted by Gasteiger charge is 2.15. The van der Waals surface area contributed by atoms with Gasteiger partial charge in [-0.15, -0.1) is 0 Å². The zero-order valence-corrected chi connectivity index (χ0v) is 10.6. The fraction of sp³-hybridized carbons (Fsp3) is 0.571. The van der Waals surface area contributed by atoms with Gasteiger partial charge < -0.3 is 10.1 Å². The van der Waals surface area contributed by atoms with Crippen LogP contribution in [0.2, 0.25) is 0 Å². The molecule has 0 amide bonds. The Morgan fingerprint density at radius 3 is 2.67 bits per heavy atom. The highest BCUT2D eigenvalue weighted by Crippen LogP contribution is 2.18. The Hall–Kier alpha value is -1.00. The van der Waals surface area contributed by atoms with Crippen LogP contribution in [0.15, 0.2) is 18.2 Å². The van der Waals surface area contributed by atoms with Crippen LogP contribution in [0.1, 0.15) is 31.4 Å². The van der Waals surface area contributed by atoms with Crippen LogP contribution >= 0.6 is 0 Å². The van der Waals surface area contributed by atoms with E-state index in [1.54, 1.807) is 6.07 Å². The number of ether oxygens (including phenoxy) is 1. The lowest BCUT2D eigenvalue weighted by Crippen LogP contribution is -2.29. The van der Waals surface area contributed by atoms with Crippen molar-refractivity contribution >= 4 is 0 Å². The molecule has 2 nitrogen and oxygen atoms in total. The first-order valence-corrected chi connectivity index (χ1v) is 6.43. The number of hydrogen-bond acceptors (Lipinski definition) is 2. The molecule has 2 rings (SSSR count). The molecule has 1 aromatic rings. The van der Waals surface area contributed by atoms with Crippen LogP contribution in [0.5, 0.6) is 0 Å². The summed E-state index contributed by atoms with van der Waals surface area (Å²) in [5.74, 6) is -0.964. The van der Waals surface area contributed by atoms with Crippen molar-refractivity contribution in [3.05, 3.63) is 35.4 Å². The highest BCUT2D eigenvalue weighted by atomic mass is 19.2. The molecule has 0 spiro atoms. The topological polar surface area (TPSA) is 21.3 Å². The zero-order chi connectivity index (χ0) is 13.0. The van der Waals surface area contributed by atoms with Gasteiger partial charge in [0.2, 0.25) is 0 Å². The molecular weight excluding hydrogens is 236 g/mol. The molecule has 0 radical (unpaired) electrons. The molecule has 0 bridgehead atoms. The number of benzene rings is 1. The van der Waals surface area contributed by atoms with Crippen molar-refractivity contribution < 1.29 is 13.5 Å². The summed E-state index contributed by atoms with van der Waals surface area (Å²) in [7, 11) is 0. The van der Waals surface area contributed by atoms with E-state index in [4.69, 9.17) is 4.74 Å². The molecule has 1 aliphatic rings. The van der Waals surface area contributed by atoms with Crippen LogP contribution in [0.3, 0.4) is 0 Å². The maximum atomic E-state index is 13.1. The van der Waals surface area contributed by atoms with Gasteiger partial charge in [0, 0.05) is 19.3 Å². The van der Waals surface area contributed by atoms with Gasteiger partial charge in [0.05, 0.1) is 0 Å². The largest absolute Gasteiger partial charge is 0.381 e. The van der Waals surface area contributed by atoms with Crippen molar-refractivity contribution in [2.24, 2.45) is 5.92 Å². The lowest BCUT2D eigenvalue weighted by molar-refractivity contribution is 0.0656. The fourth-order valence-electron chi connectivity index (χ4n) is 2.19. The van der Waals surface area contributed by atoms with Gasteiger partial charge >= 0.3 is 0 Å². The summed E-state index contributed by atoms with van der Waals surface area (Å²) in [6, 6.07) is 4.09. The standard InChI is InChI=1S/C14H19F2NO/c1-10(12-2-3-13(15)14(16)8-12)17-9-11-4-6-18-7-5-11/h2-3,8,10-11,17H,4-7,9H2,1H3/t10-/m1/s1. The van der Waals surface area contributed by atoms with E-state index in [1.165, 1.54) is 12.1 Å². The predicted molar refractivity (Wildman–Crippen MR) is 66.3 cm³/mol. The fourth-order valence-corrected chi connectivity index (χ4v) is 2.19. The number of nitrogens with one attached hydrogen (secondary N) is 1. The number of halogens is 2. The average Bonchev–Trinajstić information content (AvgIpc) is 2.40. The lowest BCUT2D eigenvalue weighted by Gasteiger charge is -2.24. The second-order valence-corrected chi connectivity index (χ2v) is 4.86. The summed E-state index contributed by atoms with van der Waals surface area (Å²) >= 11 is 0. The third kappa shape index (κ3) is 3.50. The second kappa shape index (κ2) is 6.25. The highest BCUT2D eigenvalue weighted by molar-refractivity contribution is 5.20. The Balaban J connectivity index is 1.86. The van der Waals surface area contributed by atoms with E-state index in [-0.39, 0.29) is 6.04 Å². The number of hydrogen-bond donors (Lipinski definition) is 1. The van der Waals surface area contributed by atoms with Crippen LogP contribution in [-0.2, 0) is 4.74 Å². The molecule has 1 saturated heterocycles. The maximum Gasteiger partial charge on any atom is 0.159 e. The molecule has 18 heavy (non-hydrogen) atoms. The van der Waals surface area contributed by atoms with E-state index < -0.39 is 11.6 Å². The molecule has 4 heteroatoms. The molecule has 100 valence electrons. The smallest absolute Gasteiger partial charge is 0.159 e. The van der Waals surface area contributed by atoms with Crippen LogP contribution in [-0.4, -0.2) is 19.8 Å². The minimum atomic E-state index is -0.796. The average molecular weight is 255 g/mol. The molecule has 0 aliphatic carbocycles. The van der Waals surface area contributed by atoms with E-state index in [9.17, 15) is 8.78 Å². The second-order valence-electron chi connectivity index (χ2n) is 4.86. The van der Waals surface area contributed by atoms with E-state index in [2.05, 4.69) is 5.32 Å². The van der Waals surface area contributed by atoms with Gasteiger partial charge in [0.1, 0.15) is 0 Å². The van der Waals surface area contributed by atoms with Crippen molar-refractivity contribution in [3.63, 3.8) is 0 Å². The quantitative estimate of drug-likeness (QED) is 0.893. The minimum absolute atomic E-state index is 0.0305. The van der Waals surface area contributed by atoms with Gasteiger partial charge in [-0.1, -0.05) is 6.07 Å². The number of rotatable bonds is 4. The molecule has 1 fully saturated rings. The van der Waals surface area contributed by atoms with E-state index in [0.717, 1.165) is 38.2 Å². The molecular formula is C14H19F2NO. The third-order valence-corrected chi connectivity index (χ3v) is 3.50. The Kier molecular flexibility index (Phi) is 4.66. The van der Waals surface area contributed by atoms with Gasteiger partial charge in [-0.3, -0.25) is 0 Å². The van der Waals surface area contributed by atoms with E-state index >= 15 is 0 Å². The first kappa shape index (κ1) is 13.4. The molecule has 1 heterocycles. The molecule has 0 saturated carbocycles. The first-order chi connectivity index (χ1) is 8.66. The van der Waals surface area contributed by atoms with Crippen molar-refractivity contribution in [2.75, 3.05) is 19.8 Å². The van der Waals surface area contributed by atoms with Crippen molar-refractivity contribution in [1.29, 1.82) is 0 Å². The van der Waals surface area contributed by atoms with Gasteiger partial charge in [-0.25, -0.2) is 8.78 Å². The molecule has 1 N–H and O–H groups in total. The van der Waals surface area contributed by atoms with Gasteiger partial charge in [0.15, 0.2) is 11.6 Å². The Morgan fingerprint density at radius 1 is 1.28 bits per heavy atom. The summed E-state index contributed by atoms with van der Waals surface area (Å²) in [4.78, 5) is 0. The summed E-state index contributed by atoms with van der Waals surface area (Å²) in [6.45, 7) is 4.51. The minimum Gasteiger partial charge on any atom is -0.381 e. The van der Waals surface area contributed by atoms with Crippen molar-refractivity contribution in [2.45, 2.75) is 25.8 Å². The zero-order valence-electron chi connectivity index (χ0n) is 10.6. The lowest BCUT2D eigenvalue weighted by atomic mass is 9.99. The van der Waals surface area contributed by atoms with Crippen LogP contribution in [0.4, 0.5) is 8.78 Å². The van der Waals surface area contributed by atoms with Crippen molar-refractivity contribution in [1.82, 2.24) is 5.32 Å². The van der Waals surface area contributed by atoms with E-state index in [0.29, 0.717) is 5.92 Å². The summed E-state index contributed by atoms with van der Waals surface area (Å²) in [5.41, 5.74) is 0.779. The van der Waals surface area contributed by atoms with Gasteiger partial charge in [0.25, 0.3) is 0 Å². The normalized spacial score (nSPS) is 18.8. The molecule has 0 aromatic heterocycles. The Labute approximate surface area is 106 Å².